The summed E-state index contributed by atoms with van der Waals surface area (Å²) in [6, 6.07) is -2.65. The minimum atomic E-state index is -0.768. The molecule has 2 rings (SSSR count). The Morgan fingerprint density at radius 1 is 0.761 bits per heavy atom. The molecule has 4 unspecified atom stereocenters. The van der Waals surface area contributed by atoms with Gasteiger partial charge in [-0.15, -0.1) is 0 Å². The zero-order valence-electron chi connectivity index (χ0n) is 28.6. The van der Waals surface area contributed by atoms with Gasteiger partial charge < -0.3 is 38.1 Å². The molecule has 2 heterocycles. The van der Waals surface area contributed by atoms with Crippen LogP contribution in [0.1, 0.15) is 135 Å². The van der Waals surface area contributed by atoms with Crippen LogP contribution in [0.5, 0.6) is 0 Å². The minimum Gasteiger partial charge on any atom is -0.370 e. The molecule has 0 spiro atoms. The van der Waals surface area contributed by atoms with Gasteiger partial charge in [0.15, 0.2) is 11.7 Å². The monoisotopic (exact) mass is 649 g/mol. The number of ketones is 1. The van der Waals surface area contributed by atoms with E-state index in [1.165, 1.54) is 49.8 Å². The summed E-state index contributed by atoms with van der Waals surface area (Å²) in [6.45, 7) is 4.05. The molecule has 12 nitrogen and oxygen atoms in total. The third-order valence-corrected chi connectivity index (χ3v) is 9.37. The normalized spacial score (nSPS) is 19.2. The molecule has 264 valence electrons. The smallest absolute Gasteiger partial charge is 0.245 e. The summed E-state index contributed by atoms with van der Waals surface area (Å²) in [6.07, 6.45) is 17.9. The molecule has 9 N–H and O–H groups in total. The number of nitrogens with two attached hydrogens (primary N) is 4. The van der Waals surface area contributed by atoms with Crippen molar-refractivity contribution in [2.75, 3.05) is 26.2 Å². The lowest BCUT2D eigenvalue weighted by molar-refractivity contribution is -0.143. The van der Waals surface area contributed by atoms with Crippen molar-refractivity contribution in [2.24, 2.45) is 27.9 Å². The highest BCUT2D eigenvalue weighted by atomic mass is 16.2. The maximum Gasteiger partial charge on any atom is 0.245 e. The van der Waals surface area contributed by atoms with Crippen molar-refractivity contribution in [3.05, 3.63) is 0 Å². The number of nitrogens with zero attached hydrogens (tertiary/aromatic N) is 3. The number of nitrogens with one attached hydrogen (secondary N) is 1. The molecular weight excluding hydrogens is 584 g/mol. The Morgan fingerprint density at radius 3 is 1.96 bits per heavy atom. The summed E-state index contributed by atoms with van der Waals surface area (Å²) in [7, 11) is 0. The highest BCUT2D eigenvalue weighted by molar-refractivity contribution is 5.95. The second-order valence-electron chi connectivity index (χ2n) is 13.2. The first-order chi connectivity index (χ1) is 22.2. The molecule has 0 aromatic rings. The van der Waals surface area contributed by atoms with Crippen molar-refractivity contribution < 1.29 is 19.2 Å². The number of carbonyl (C=O) groups is 4. The van der Waals surface area contributed by atoms with Crippen LogP contribution in [0, 0.1) is 0 Å². The van der Waals surface area contributed by atoms with Gasteiger partial charge in [0.05, 0.1) is 12.1 Å². The molecular formula is C34H64N8O4. The number of likely N-dealkylation sites (tertiary alicyclic amines) is 2. The molecule has 0 saturated carbocycles. The summed E-state index contributed by atoms with van der Waals surface area (Å²) < 4.78 is 0. The van der Waals surface area contributed by atoms with Gasteiger partial charge in [-0.05, 0) is 70.8 Å². The zero-order chi connectivity index (χ0) is 33.7. The van der Waals surface area contributed by atoms with Crippen molar-refractivity contribution in [1.29, 1.82) is 0 Å². The molecule has 0 radical (unpaired) electrons. The fraction of sp³-hybridized carbons (Fsp3) is 0.853. The molecule has 2 aliphatic rings. The summed E-state index contributed by atoms with van der Waals surface area (Å²) in [5, 5.41) is 2.97. The van der Waals surface area contributed by atoms with E-state index in [1.807, 2.05) is 0 Å². The maximum atomic E-state index is 13.9. The van der Waals surface area contributed by atoms with Gasteiger partial charge in [0, 0.05) is 26.1 Å². The Hall–Kier alpha value is -2.73. The SMILES string of the molecule is CCCCCCCCCCCCC(=O)C1CCCN1C(=O)C(CCCCN)NC(=O)C1CCCN1C(=O)C(N)CCCN=C(N)N. The highest BCUT2D eigenvalue weighted by Crippen LogP contribution is 2.24. The Balaban J connectivity index is 1.91. The van der Waals surface area contributed by atoms with Crippen molar-refractivity contribution in [3.8, 4) is 0 Å². The van der Waals surface area contributed by atoms with E-state index in [9.17, 15) is 19.2 Å². The average molecular weight is 649 g/mol. The van der Waals surface area contributed by atoms with Crippen molar-refractivity contribution in [3.63, 3.8) is 0 Å². The van der Waals surface area contributed by atoms with Gasteiger partial charge in [0.25, 0.3) is 0 Å². The Morgan fingerprint density at radius 2 is 1.35 bits per heavy atom. The van der Waals surface area contributed by atoms with Gasteiger partial charge in [-0.25, -0.2) is 0 Å². The van der Waals surface area contributed by atoms with E-state index in [0.717, 1.165) is 32.1 Å². The van der Waals surface area contributed by atoms with Crippen LogP contribution < -0.4 is 28.3 Å². The number of hydrogen-bond donors (Lipinski definition) is 5. The molecule has 2 fully saturated rings. The summed E-state index contributed by atoms with van der Waals surface area (Å²) in [5.74, 6) is -0.733. The summed E-state index contributed by atoms with van der Waals surface area (Å²) in [4.78, 5) is 61.0. The third-order valence-electron chi connectivity index (χ3n) is 9.37. The lowest BCUT2D eigenvalue weighted by atomic mass is 10.0. The molecule has 0 aliphatic carbocycles. The number of unbranched alkanes of at least 4 members (excludes halogenated alkanes) is 10. The largest absolute Gasteiger partial charge is 0.370 e. The van der Waals surface area contributed by atoms with Crippen LogP contribution in [0.3, 0.4) is 0 Å². The Bertz CT molecular complexity index is 957. The second-order valence-corrected chi connectivity index (χ2v) is 13.2. The number of carbonyl (C=O) groups excluding carboxylic acids is 4. The first-order valence-electron chi connectivity index (χ1n) is 18.2. The number of rotatable bonds is 24. The molecule has 0 bridgehead atoms. The first kappa shape index (κ1) is 39.4. The molecule has 12 heteroatoms. The summed E-state index contributed by atoms with van der Waals surface area (Å²) in [5.41, 5.74) is 22.6. The third kappa shape index (κ3) is 13.9. The number of guanidine groups is 1. The first-order valence-corrected chi connectivity index (χ1v) is 18.2. The van der Waals surface area contributed by atoms with E-state index in [1.54, 1.807) is 4.90 Å². The number of aliphatic imine (C=N–C) groups is 1. The predicted octanol–water partition coefficient (Wildman–Crippen LogP) is 2.84. The van der Waals surface area contributed by atoms with Crippen molar-refractivity contribution in [2.45, 2.75) is 160 Å². The van der Waals surface area contributed by atoms with Gasteiger partial charge in [0.1, 0.15) is 12.1 Å². The maximum absolute atomic E-state index is 13.9. The molecule has 46 heavy (non-hydrogen) atoms. The van der Waals surface area contributed by atoms with Crippen LogP contribution >= 0.6 is 0 Å². The average Bonchev–Trinajstić information content (AvgIpc) is 3.73. The molecule has 0 aromatic carbocycles. The molecule has 0 aromatic heterocycles. The van der Waals surface area contributed by atoms with E-state index in [4.69, 9.17) is 22.9 Å². The summed E-state index contributed by atoms with van der Waals surface area (Å²) >= 11 is 0. The van der Waals surface area contributed by atoms with E-state index in [2.05, 4.69) is 17.2 Å². The topological polar surface area (TPSA) is 203 Å². The van der Waals surface area contributed by atoms with Crippen LogP contribution in [0.2, 0.25) is 0 Å². The number of hydrogen-bond acceptors (Lipinski definition) is 7. The van der Waals surface area contributed by atoms with Crippen molar-refractivity contribution >= 4 is 29.5 Å². The number of Topliss-reactive ketones (excluding diaryl/α,β-unsaturated/α-hetero) is 1. The van der Waals surface area contributed by atoms with Crippen LogP contribution in [-0.4, -0.2) is 89.6 Å². The van der Waals surface area contributed by atoms with Crippen LogP contribution in [0.4, 0.5) is 0 Å². The van der Waals surface area contributed by atoms with E-state index in [0.29, 0.717) is 77.5 Å². The van der Waals surface area contributed by atoms with Gasteiger partial charge in [-0.2, -0.15) is 0 Å². The molecule has 3 amide bonds. The fourth-order valence-electron chi connectivity index (χ4n) is 6.70. The van der Waals surface area contributed by atoms with Gasteiger partial charge in [0.2, 0.25) is 17.7 Å². The van der Waals surface area contributed by atoms with E-state index >= 15 is 0 Å². The standard InChI is InChI=1S/C34H64N8O4/c1-2-3-4-5-6-7-8-9-10-11-21-30(43)28-19-15-24-41(28)33(46)27(18-12-13-22-35)40-31(44)29-20-16-25-42(29)32(45)26(36)17-14-23-39-34(37)38/h26-29H,2-25,35-36H2,1H3,(H,40,44)(H4,37,38,39). The molecule has 4 atom stereocenters. The second kappa shape index (κ2) is 22.7. The van der Waals surface area contributed by atoms with Gasteiger partial charge in [-0.3, -0.25) is 24.2 Å². The Labute approximate surface area is 277 Å². The quantitative estimate of drug-likeness (QED) is 0.0597. The Kier molecular flexibility index (Phi) is 19.5. The lowest BCUT2D eigenvalue weighted by Gasteiger charge is -2.31. The highest BCUT2D eigenvalue weighted by Gasteiger charge is 2.40. The molecule has 2 aliphatic heterocycles. The van der Waals surface area contributed by atoms with Crippen molar-refractivity contribution in [1.82, 2.24) is 15.1 Å². The van der Waals surface area contributed by atoms with Crippen LogP contribution in [-0.2, 0) is 19.2 Å². The lowest BCUT2D eigenvalue weighted by Crippen LogP contribution is -2.56. The van der Waals surface area contributed by atoms with E-state index < -0.39 is 24.2 Å². The predicted molar refractivity (Wildman–Crippen MR) is 184 cm³/mol. The van der Waals surface area contributed by atoms with E-state index in [-0.39, 0.29) is 29.5 Å². The number of amides is 3. The van der Waals surface area contributed by atoms with Gasteiger partial charge >= 0.3 is 0 Å². The zero-order valence-corrected chi connectivity index (χ0v) is 28.6. The van der Waals surface area contributed by atoms with Gasteiger partial charge in [-0.1, -0.05) is 64.7 Å². The molecule has 2 saturated heterocycles. The van der Waals surface area contributed by atoms with Crippen LogP contribution in [0.15, 0.2) is 4.99 Å². The fourth-order valence-corrected chi connectivity index (χ4v) is 6.70. The minimum absolute atomic E-state index is 0.00885. The van der Waals surface area contributed by atoms with Crippen LogP contribution in [0.25, 0.3) is 0 Å².